The number of hydrogen-bond donors (Lipinski definition) is 2. The molecule has 0 atom stereocenters. The number of halogens is 1. The molecule has 4 rings (SSSR count). The van der Waals surface area contributed by atoms with Gasteiger partial charge in [-0.05, 0) is 49.4 Å². The Morgan fingerprint density at radius 3 is 3.11 bits per heavy atom. The summed E-state index contributed by atoms with van der Waals surface area (Å²) < 4.78 is 0.925. The van der Waals surface area contributed by atoms with Crippen LogP contribution in [-0.2, 0) is 23.4 Å². The van der Waals surface area contributed by atoms with Crippen molar-refractivity contribution in [3.8, 4) is 0 Å². The number of hydrogen-bond acceptors (Lipinski definition) is 5. The van der Waals surface area contributed by atoms with Gasteiger partial charge in [0.2, 0.25) is 5.91 Å². The average Bonchev–Trinajstić information content (AvgIpc) is 3.18. The Hall–Kier alpha value is -1.64. The second kappa shape index (κ2) is 7.77. The number of carbonyl (C=O) groups is 1. The van der Waals surface area contributed by atoms with Gasteiger partial charge in [-0.25, -0.2) is 4.98 Å². The third-order valence-corrected chi connectivity index (χ3v) is 7.19. The van der Waals surface area contributed by atoms with Crippen molar-refractivity contribution in [3.05, 3.63) is 54.9 Å². The van der Waals surface area contributed by atoms with Crippen molar-refractivity contribution in [2.75, 3.05) is 11.1 Å². The van der Waals surface area contributed by atoms with Crippen LogP contribution in [0, 0.1) is 6.92 Å². The van der Waals surface area contributed by atoms with Gasteiger partial charge in [0.05, 0.1) is 16.9 Å². The predicted octanol–water partition coefficient (Wildman–Crippen LogP) is 4.42. The fourth-order valence-corrected chi connectivity index (χ4v) is 5.60. The zero-order valence-corrected chi connectivity index (χ0v) is 17.9. The second-order valence-electron chi connectivity index (χ2n) is 6.55. The minimum absolute atomic E-state index is 0.0517. The summed E-state index contributed by atoms with van der Waals surface area (Å²) in [7, 11) is 0. The zero-order chi connectivity index (χ0) is 19.0. The van der Waals surface area contributed by atoms with Gasteiger partial charge >= 0.3 is 0 Å². The van der Waals surface area contributed by atoms with Gasteiger partial charge in [-0.2, -0.15) is 0 Å². The number of aromatic nitrogens is 2. The molecule has 0 unspecified atom stereocenters. The number of thioether (sulfide) groups is 1. The van der Waals surface area contributed by atoms with Crippen molar-refractivity contribution >= 4 is 60.8 Å². The van der Waals surface area contributed by atoms with E-state index in [1.807, 2.05) is 25.1 Å². The third-order valence-electron chi connectivity index (χ3n) is 4.57. The molecular formula is C19H18BrN3O2S2. The van der Waals surface area contributed by atoms with Crippen LogP contribution >= 0.6 is 39.0 Å². The van der Waals surface area contributed by atoms with Crippen LogP contribution in [0.3, 0.4) is 0 Å². The summed E-state index contributed by atoms with van der Waals surface area (Å²) >= 11 is 6.49. The molecule has 8 heteroatoms. The molecule has 0 fully saturated rings. The molecule has 1 aliphatic carbocycles. The van der Waals surface area contributed by atoms with Crippen LogP contribution in [0.1, 0.15) is 28.2 Å². The van der Waals surface area contributed by atoms with Gasteiger partial charge in [0.15, 0.2) is 0 Å². The van der Waals surface area contributed by atoms with E-state index in [9.17, 15) is 9.59 Å². The molecule has 140 valence electrons. The number of thiophene rings is 1. The van der Waals surface area contributed by atoms with E-state index in [1.165, 1.54) is 22.2 Å². The smallest absolute Gasteiger partial charge is 0.259 e. The fraction of sp³-hybridized carbons (Fsp3) is 0.316. The van der Waals surface area contributed by atoms with Gasteiger partial charge < -0.3 is 10.3 Å². The van der Waals surface area contributed by atoms with Gasteiger partial charge in [-0.3, -0.25) is 9.59 Å². The van der Waals surface area contributed by atoms with Crippen LogP contribution in [0.2, 0.25) is 0 Å². The van der Waals surface area contributed by atoms with E-state index in [0.29, 0.717) is 17.3 Å². The first-order chi connectivity index (χ1) is 13.0. The Morgan fingerprint density at radius 2 is 2.26 bits per heavy atom. The highest BCUT2D eigenvalue weighted by Gasteiger charge is 2.21. The molecule has 0 aliphatic heterocycles. The quantitative estimate of drug-likeness (QED) is 0.587. The molecule has 3 aromatic rings. The van der Waals surface area contributed by atoms with E-state index in [2.05, 4.69) is 31.2 Å². The molecule has 0 spiro atoms. The number of nitrogens with one attached hydrogen (secondary N) is 2. The maximum absolute atomic E-state index is 12.4. The van der Waals surface area contributed by atoms with Gasteiger partial charge in [-0.15, -0.1) is 23.1 Å². The molecule has 0 radical (unpaired) electrons. The van der Waals surface area contributed by atoms with Crippen LogP contribution in [0.4, 0.5) is 5.69 Å². The molecule has 0 bridgehead atoms. The minimum Gasteiger partial charge on any atom is -0.325 e. The maximum atomic E-state index is 12.4. The lowest BCUT2D eigenvalue weighted by atomic mass is 10.2. The molecule has 27 heavy (non-hydrogen) atoms. The highest BCUT2D eigenvalue weighted by atomic mass is 79.9. The molecule has 2 aromatic heterocycles. The van der Waals surface area contributed by atoms with Crippen LogP contribution in [-0.4, -0.2) is 21.6 Å². The molecule has 5 nitrogen and oxygen atoms in total. The van der Waals surface area contributed by atoms with E-state index in [1.54, 1.807) is 11.3 Å². The van der Waals surface area contributed by atoms with Crippen molar-refractivity contribution in [3.63, 3.8) is 0 Å². The van der Waals surface area contributed by atoms with E-state index >= 15 is 0 Å². The standard InChI is InChI=1S/C19H18BrN3O2S2/c1-10-5-6-11(20)7-13(10)21-16(24)9-26-8-15-22-18(25)17-12-3-2-4-14(12)27-19(17)23-15/h5-7H,2-4,8-9H2,1H3,(H,21,24)(H,22,23,25). The number of amides is 1. The summed E-state index contributed by atoms with van der Waals surface area (Å²) in [5.74, 6) is 1.36. The van der Waals surface area contributed by atoms with Crippen molar-refractivity contribution in [2.45, 2.75) is 31.9 Å². The molecule has 1 aliphatic rings. The number of aryl methyl sites for hydroxylation is 3. The topological polar surface area (TPSA) is 74.8 Å². The second-order valence-corrected chi connectivity index (χ2v) is 9.54. The van der Waals surface area contributed by atoms with Gasteiger partial charge in [0.1, 0.15) is 10.7 Å². The van der Waals surface area contributed by atoms with Crippen LogP contribution in [0.25, 0.3) is 10.2 Å². The first-order valence-corrected chi connectivity index (χ1v) is 11.4. The van der Waals surface area contributed by atoms with E-state index < -0.39 is 0 Å². The van der Waals surface area contributed by atoms with Crippen molar-refractivity contribution in [1.29, 1.82) is 0 Å². The first kappa shape index (κ1) is 18.7. The minimum atomic E-state index is -0.0697. The Labute approximate surface area is 173 Å². The summed E-state index contributed by atoms with van der Waals surface area (Å²) in [5, 5.41) is 3.69. The number of rotatable bonds is 5. The largest absolute Gasteiger partial charge is 0.325 e. The number of nitrogens with zero attached hydrogens (tertiary/aromatic N) is 1. The number of benzene rings is 1. The predicted molar refractivity (Wildman–Crippen MR) is 116 cm³/mol. The highest BCUT2D eigenvalue weighted by molar-refractivity contribution is 9.10. The Kier molecular flexibility index (Phi) is 5.39. The fourth-order valence-electron chi connectivity index (χ4n) is 3.27. The summed E-state index contributed by atoms with van der Waals surface area (Å²) in [6.45, 7) is 1.96. The summed E-state index contributed by atoms with van der Waals surface area (Å²) in [5.41, 5.74) is 2.95. The molecule has 2 heterocycles. The number of anilines is 1. The third kappa shape index (κ3) is 3.97. The van der Waals surface area contributed by atoms with E-state index in [-0.39, 0.29) is 11.5 Å². The molecule has 1 aromatic carbocycles. The highest BCUT2D eigenvalue weighted by Crippen LogP contribution is 2.34. The van der Waals surface area contributed by atoms with Crippen molar-refractivity contribution < 1.29 is 4.79 Å². The summed E-state index contributed by atoms with van der Waals surface area (Å²) in [6.07, 6.45) is 3.15. The van der Waals surface area contributed by atoms with Gasteiger partial charge in [0.25, 0.3) is 5.56 Å². The van der Waals surface area contributed by atoms with Crippen molar-refractivity contribution in [1.82, 2.24) is 9.97 Å². The normalized spacial score (nSPS) is 13.1. The average molecular weight is 464 g/mol. The lowest BCUT2D eigenvalue weighted by molar-refractivity contribution is -0.113. The number of H-pyrrole nitrogens is 1. The number of carbonyl (C=O) groups excluding carboxylic acids is 1. The molecule has 0 saturated carbocycles. The lowest BCUT2D eigenvalue weighted by Crippen LogP contribution is -2.16. The van der Waals surface area contributed by atoms with Crippen molar-refractivity contribution in [2.24, 2.45) is 0 Å². The van der Waals surface area contributed by atoms with Crippen LogP contribution in [0.5, 0.6) is 0 Å². The lowest BCUT2D eigenvalue weighted by Gasteiger charge is -2.08. The number of fused-ring (bicyclic) bond motifs is 3. The molecular weight excluding hydrogens is 446 g/mol. The summed E-state index contributed by atoms with van der Waals surface area (Å²) in [6, 6.07) is 5.79. The monoisotopic (exact) mass is 463 g/mol. The van der Waals surface area contributed by atoms with Crippen LogP contribution < -0.4 is 10.9 Å². The Bertz CT molecular complexity index is 1090. The molecule has 0 saturated heterocycles. The first-order valence-electron chi connectivity index (χ1n) is 8.68. The van der Waals surface area contributed by atoms with E-state index in [0.717, 1.165) is 45.2 Å². The number of aromatic amines is 1. The molecule has 2 N–H and O–H groups in total. The maximum Gasteiger partial charge on any atom is 0.259 e. The van der Waals surface area contributed by atoms with Gasteiger partial charge in [-0.1, -0.05) is 22.0 Å². The Balaban J connectivity index is 1.40. The Morgan fingerprint density at radius 1 is 1.41 bits per heavy atom. The zero-order valence-electron chi connectivity index (χ0n) is 14.7. The molecule has 1 amide bonds. The van der Waals surface area contributed by atoms with Crippen LogP contribution in [0.15, 0.2) is 27.5 Å². The summed E-state index contributed by atoms with van der Waals surface area (Å²) in [4.78, 5) is 34.3. The van der Waals surface area contributed by atoms with Gasteiger partial charge in [0, 0.05) is 15.0 Å². The van der Waals surface area contributed by atoms with E-state index in [4.69, 9.17) is 0 Å². The SMILES string of the molecule is Cc1ccc(Br)cc1NC(=O)CSCc1nc2sc3c(c2c(=O)[nH]1)CCC3.